The molecule has 0 unspecified atom stereocenters. The Balaban J connectivity index is 1.44. The average molecular weight is 398 g/mol. The quantitative estimate of drug-likeness (QED) is 0.498. The van der Waals surface area contributed by atoms with E-state index in [1.54, 1.807) is 0 Å². The maximum atomic E-state index is 12.6. The van der Waals surface area contributed by atoms with Gasteiger partial charge in [0.25, 0.3) is 5.91 Å². The van der Waals surface area contributed by atoms with Crippen LogP contribution >= 0.6 is 11.8 Å². The molecule has 0 saturated carbocycles. The second-order valence-electron chi connectivity index (χ2n) is 6.69. The van der Waals surface area contributed by atoms with Gasteiger partial charge in [-0.3, -0.25) is 9.69 Å². The summed E-state index contributed by atoms with van der Waals surface area (Å²) in [6, 6.07) is 13.4. The molecular weight excluding hydrogens is 378 g/mol. The van der Waals surface area contributed by atoms with Crippen LogP contribution in [0.2, 0.25) is 0 Å². The number of carbonyl (C=O) groups excluding carboxylic acids is 1. The van der Waals surface area contributed by atoms with Crippen molar-refractivity contribution in [3.8, 4) is 0 Å². The first-order valence-electron chi connectivity index (χ1n) is 8.89. The summed E-state index contributed by atoms with van der Waals surface area (Å²) in [7, 11) is 0. The third-order valence-electron chi connectivity index (χ3n) is 4.86. The first kappa shape index (κ1) is 18.5. The van der Waals surface area contributed by atoms with E-state index in [9.17, 15) is 19.8 Å². The number of thioether (sulfide) groups is 1. The van der Waals surface area contributed by atoms with E-state index < -0.39 is 12.0 Å². The van der Waals surface area contributed by atoms with Gasteiger partial charge >= 0.3 is 5.97 Å². The predicted octanol–water partition coefficient (Wildman–Crippen LogP) is 1.05. The standard InChI is InChI=1S/C20H19N3O4S/c24-11-14-12-28-19-16(18(25)23(19)17(14)20(26)27)21-15-6-8-22(9-7-15)10-13-4-2-1-3-5-13/h1-9,16,19,24H,10-12H2,(H,26,27)/p+1/t16-,19-/m1/s1. The van der Waals surface area contributed by atoms with Crippen LogP contribution in [0, 0.1) is 0 Å². The minimum Gasteiger partial charge on any atom is -0.477 e. The van der Waals surface area contributed by atoms with E-state index in [0.717, 1.165) is 12.2 Å². The zero-order valence-corrected chi connectivity index (χ0v) is 15.8. The van der Waals surface area contributed by atoms with Crippen LogP contribution in [0.5, 0.6) is 0 Å². The number of hydrogen-bond acceptors (Lipinski definition) is 5. The summed E-state index contributed by atoms with van der Waals surface area (Å²) in [6.07, 6.45) is 3.88. The molecule has 1 aromatic heterocycles. The third kappa shape index (κ3) is 3.36. The van der Waals surface area contributed by atoms with E-state index in [1.165, 1.54) is 22.2 Å². The molecule has 7 nitrogen and oxygen atoms in total. The summed E-state index contributed by atoms with van der Waals surface area (Å²) in [6.45, 7) is 0.399. The Morgan fingerprint density at radius 1 is 1.21 bits per heavy atom. The molecule has 144 valence electrons. The molecule has 1 fully saturated rings. The van der Waals surface area contributed by atoms with Gasteiger partial charge in [-0.2, -0.15) is 0 Å². The fourth-order valence-electron chi connectivity index (χ4n) is 3.44. The minimum absolute atomic E-state index is 0.0805. The lowest BCUT2D eigenvalue weighted by molar-refractivity contribution is -0.688. The number of carboxylic acids is 1. The number of fused-ring (bicyclic) bond motifs is 1. The molecule has 2 aromatic rings. The number of carboxylic acid groups (broad SMARTS) is 1. The monoisotopic (exact) mass is 398 g/mol. The van der Waals surface area contributed by atoms with Crippen molar-refractivity contribution in [1.29, 1.82) is 0 Å². The van der Waals surface area contributed by atoms with E-state index in [2.05, 4.69) is 17.4 Å². The number of β-lactam (4-membered cyclic amide) rings is 1. The average Bonchev–Trinajstić information content (AvgIpc) is 2.72. The van der Waals surface area contributed by atoms with Crippen LogP contribution in [0.1, 0.15) is 5.56 Å². The van der Waals surface area contributed by atoms with Crippen molar-refractivity contribution in [3.63, 3.8) is 0 Å². The highest BCUT2D eigenvalue weighted by atomic mass is 32.2. The number of pyridine rings is 1. The van der Waals surface area contributed by atoms with Crippen LogP contribution in [0.3, 0.4) is 0 Å². The normalized spacial score (nSPS) is 21.2. The molecule has 3 heterocycles. The van der Waals surface area contributed by atoms with Crippen LogP contribution in [-0.4, -0.2) is 50.8 Å². The highest BCUT2D eigenvalue weighted by molar-refractivity contribution is 8.00. The highest BCUT2D eigenvalue weighted by Crippen LogP contribution is 2.41. The Labute approximate surface area is 166 Å². The zero-order chi connectivity index (χ0) is 19.7. The Bertz CT molecular complexity index is 930. The Morgan fingerprint density at radius 2 is 1.93 bits per heavy atom. The second-order valence-corrected chi connectivity index (χ2v) is 7.80. The number of nitrogens with one attached hydrogen (secondary N) is 1. The summed E-state index contributed by atoms with van der Waals surface area (Å²) in [5.74, 6) is -1.07. The van der Waals surface area contributed by atoms with Gasteiger partial charge in [0, 0.05) is 29.1 Å². The van der Waals surface area contributed by atoms with E-state index in [0.29, 0.717) is 11.3 Å². The Morgan fingerprint density at radius 3 is 2.57 bits per heavy atom. The van der Waals surface area contributed by atoms with Crippen LogP contribution in [0.4, 0.5) is 5.69 Å². The lowest BCUT2D eigenvalue weighted by atomic mass is 10.0. The highest BCUT2D eigenvalue weighted by Gasteiger charge is 2.53. The summed E-state index contributed by atoms with van der Waals surface area (Å²) < 4.78 is 2.05. The van der Waals surface area contributed by atoms with E-state index in [-0.39, 0.29) is 23.6 Å². The molecule has 2 aliphatic rings. The number of nitrogens with zero attached hydrogens (tertiary/aromatic N) is 2. The SMILES string of the molecule is O=C(O)C1=C(CO)CS[C@@H]2[C@H](Nc3cc[n+](Cc4ccccc4)cc3)C(=O)N12. The molecule has 3 N–H and O–H groups in total. The van der Waals surface area contributed by atoms with Crippen molar-refractivity contribution in [2.75, 3.05) is 17.7 Å². The Hall–Kier alpha value is -2.84. The minimum atomic E-state index is -1.18. The number of anilines is 1. The zero-order valence-electron chi connectivity index (χ0n) is 15.0. The Kier molecular flexibility index (Phi) is 5.06. The number of carbonyl (C=O) groups is 2. The lowest BCUT2D eigenvalue weighted by Gasteiger charge is -2.49. The van der Waals surface area contributed by atoms with Crippen LogP contribution in [0.25, 0.3) is 0 Å². The van der Waals surface area contributed by atoms with Gasteiger partial charge in [0.05, 0.1) is 6.61 Å². The van der Waals surface area contributed by atoms with Gasteiger partial charge < -0.3 is 15.5 Å². The third-order valence-corrected chi connectivity index (χ3v) is 6.20. The molecule has 28 heavy (non-hydrogen) atoms. The topological polar surface area (TPSA) is 93.7 Å². The number of hydrogen-bond donors (Lipinski definition) is 3. The summed E-state index contributed by atoms with van der Waals surface area (Å²) in [5.41, 5.74) is 2.30. The molecule has 0 bridgehead atoms. The second kappa shape index (κ2) is 7.65. The van der Waals surface area contributed by atoms with Gasteiger partial charge in [-0.15, -0.1) is 11.8 Å². The van der Waals surface area contributed by atoms with E-state index in [4.69, 9.17) is 0 Å². The van der Waals surface area contributed by atoms with Crippen molar-refractivity contribution >= 4 is 29.3 Å². The lowest BCUT2D eigenvalue weighted by Crippen LogP contribution is -2.67. The number of benzene rings is 1. The molecule has 1 amide bonds. The number of rotatable bonds is 6. The summed E-state index contributed by atoms with van der Waals surface area (Å²) >= 11 is 1.46. The van der Waals surface area contributed by atoms with Crippen molar-refractivity contribution in [2.24, 2.45) is 0 Å². The smallest absolute Gasteiger partial charge is 0.352 e. The van der Waals surface area contributed by atoms with E-state index in [1.807, 2.05) is 47.3 Å². The molecule has 1 saturated heterocycles. The molecule has 0 radical (unpaired) electrons. The molecule has 1 aromatic carbocycles. The van der Waals surface area contributed by atoms with Gasteiger partial charge in [-0.25, -0.2) is 9.36 Å². The van der Waals surface area contributed by atoms with Gasteiger partial charge in [-0.05, 0) is 5.57 Å². The van der Waals surface area contributed by atoms with Gasteiger partial charge in [0.1, 0.15) is 17.1 Å². The molecular formula is C20H20N3O4S+. The number of aromatic nitrogens is 1. The molecule has 2 atom stereocenters. The van der Waals surface area contributed by atoms with Crippen molar-refractivity contribution < 1.29 is 24.4 Å². The summed E-state index contributed by atoms with van der Waals surface area (Å²) in [4.78, 5) is 25.3. The van der Waals surface area contributed by atoms with Crippen molar-refractivity contribution in [3.05, 3.63) is 71.7 Å². The largest absolute Gasteiger partial charge is 0.477 e. The first-order valence-corrected chi connectivity index (χ1v) is 9.94. The predicted molar refractivity (Wildman–Crippen MR) is 104 cm³/mol. The number of aliphatic carboxylic acids is 1. The van der Waals surface area contributed by atoms with Crippen LogP contribution in [-0.2, 0) is 16.1 Å². The molecule has 0 aliphatic carbocycles. The fourth-order valence-corrected chi connectivity index (χ4v) is 4.77. The molecule has 8 heteroatoms. The van der Waals surface area contributed by atoms with Crippen molar-refractivity contribution in [1.82, 2.24) is 4.90 Å². The van der Waals surface area contributed by atoms with Crippen molar-refractivity contribution in [2.45, 2.75) is 18.0 Å². The van der Waals surface area contributed by atoms with Crippen LogP contribution < -0.4 is 9.88 Å². The fraction of sp³-hybridized carbons (Fsp3) is 0.250. The maximum absolute atomic E-state index is 12.6. The number of amides is 1. The van der Waals surface area contributed by atoms with Gasteiger partial charge in [0.2, 0.25) is 0 Å². The number of aliphatic hydroxyl groups is 1. The molecule has 0 spiro atoms. The molecule has 4 rings (SSSR count). The first-order chi connectivity index (χ1) is 13.6. The summed E-state index contributed by atoms with van der Waals surface area (Å²) in [5, 5.41) is 21.7. The number of aliphatic hydroxyl groups excluding tert-OH is 1. The molecule has 2 aliphatic heterocycles. The van der Waals surface area contributed by atoms with Gasteiger partial charge in [0.15, 0.2) is 18.9 Å². The van der Waals surface area contributed by atoms with Gasteiger partial charge in [-0.1, -0.05) is 30.3 Å². The van der Waals surface area contributed by atoms with Crippen LogP contribution in [0.15, 0.2) is 66.1 Å². The van der Waals surface area contributed by atoms with E-state index >= 15 is 0 Å². The maximum Gasteiger partial charge on any atom is 0.352 e.